The summed E-state index contributed by atoms with van der Waals surface area (Å²) in [7, 11) is 0. The fourth-order valence-corrected chi connectivity index (χ4v) is 11.6. The van der Waals surface area contributed by atoms with E-state index in [0.29, 0.717) is 44.8 Å². The number of rotatable bonds is 8. The molecule has 0 atom stereocenters. The van der Waals surface area contributed by atoms with Crippen molar-refractivity contribution in [1.82, 2.24) is 9.13 Å². The van der Waals surface area contributed by atoms with Crippen LogP contribution in [0.2, 0.25) is 0 Å². The Morgan fingerprint density at radius 1 is 0.286 bits per heavy atom. The fraction of sp³-hybridized carbons (Fsp3) is 0.0137. The summed E-state index contributed by atoms with van der Waals surface area (Å²) >= 11 is 0. The van der Waals surface area contributed by atoms with Crippen molar-refractivity contribution < 1.29 is 13.2 Å². The van der Waals surface area contributed by atoms with E-state index >= 15 is 13.2 Å². The predicted molar refractivity (Wildman–Crippen MR) is 321 cm³/mol. The van der Waals surface area contributed by atoms with Crippen LogP contribution in [0.15, 0.2) is 224 Å². The van der Waals surface area contributed by atoms with Crippen molar-refractivity contribution in [3.8, 4) is 115 Å². The van der Waals surface area contributed by atoms with Gasteiger partial charge in [-0.05, 0) is 195 Å². The van der Waals surface area contributed by atoms with Gasteiger partial charge in [0.15, 0.2) is 0 Å². The Bertz CT molecular complexity index is 5000. The molecule has 84 heavy (non-hydrogen) atoms. The van der Waals surface area contributed by atoms with Gasteiger partial charge in [0, 0.05) is 38.4 Å². The third kappa shape index (κ3) is 8.87. The third-order valence-corrected chi connectivity index (χ3v) is 15.5. The average Bonchev–Trinajstić information content (AvgIpc) is 2.25. The van der Waals surface area contributed by atoms with Gasteiger partial charge in [0.05, 0.1) is 103 Å². The van der Waals surface area contributed by atoms with Crippen LogP contribution in [0.1, 0.15) is 38.9 Å². The van der Waals surface area contributed by atoms with Crippen LogP contribution in [-0.2, 0) is 6.18 Å². The zero-order valence-corrected chi connectivity index (χ0v) is 44.1. The summed E-state index contributed by atoms with van der Waals surface area (Å²) in [5.74, 6) is 0. The molecular formula is C73H37F3N8. The van der Waals surface area contributed by atoms with Crippen molar-refractivity contribution in [1.29, 1.82) is 31.6 Å². The van der Waals surface area contributed by atoms with E-state index in [1.165, 1.54) is 12.1 Å². The minimum atomic E-state index is -4.84. The van der Waals surface area contributed by atoms with E-state index in [1.54, 1.807) is 48.5 Å². The molecule has 11 aromatic carbocycles. The van der Waals surface area contributed by atoms with Crippen molar-refractivity contribution in [3.05, 3.63) is 263 Å². The van der Waals surface area contributed by atoms with Gasteiger partial charge in [0.25, 0.3) is 0 Å². The number of hydrogen-bond donors (Lipinski definition) is 0. The van der Waals surface area contributed by atoms with Gasteiger partial charge in [0.2, 0.25) is 0 Å². The first-order valence-electron chi connectivity index (χ1n) is 26.5. The monoisotopic (exact) mass is 1080 g/mol. The standard InChI is InChI=1S/C73H37F3N8/c74-73(75,76)67-31-48(42-81)13-21-60(67)57-19-26-70(84-71-24-17-55(51-11-3-7-46(29-51)40-79)34-65(71)66-35-56(18-25-72(66)84)52-12-4-8-47(30-52)41-80)62(36-57)61-37-59(20-14-58(61)43-82)83-68-22-15-53(49-9-1-5-44(27-49)38-77)32-63(68)64-33-54(16-23-69(64)83)50-10-2-6-45(28-50)39-78/h1-37H. The summed E-state index contributed by atoms with van der Waals surface area (Å²) in [6, 6.07) is 80.9. The van der Waals surface area contributed by atoms with E-state index in [4.69, 9.17) is 0 Å². The summed E-state index contributed by atoms with van der Waals surface area (Å²) in [6.45, 7) is 0. The minimum absolute atomic E-state index is 0.151. The number of alkyl halides is 3. The highest BCUT2D eigenvalue weighted by Gasteiger charge is 2.34. The van der Waals surface area contributed by atoms with Crippen LogP contribution in [0.4, 0.5) is 13.2 Å². The van der Waals surface area contributed by atoms with Crippen LogP contribution in [0, 0.1) is 68.0 Å². The third-order valence-electron chi connectivity index (χ3n) is 15.5. The number of nitriles is 6. The normalized spacial score (nSPS) is 11.2. The molecule has 0 amide bonds. The molecule has 0 aliphatic carbocycles. The molecule has 13 rings (SSSR count). The van der Waals surface area contributed by atoms with Crippen molar-refractivity contribution in [2.24, 2.45) is 0 Å². The molecular weight excluding hydrogens is 1050 g/mol. The van der Waals surface area contributed by atoms with E-state index in [0.717, 1.165) is 94.2 Å². The van der Waals surface area contributed by atoms with E-state index in [-0.39, 0.29) is 22.3 Å². The highest BCUT2D eigenvalue weighted by molar-refractivity contribution is 6.14. The first-order valence-corrected chi connectivity index (χ1v) is 26.5. The second-order valence-electron chi connectivity index (χ2n) is 20.3. The van der Waals surface area contributed by atoms with Crippen molar-refractivity contribution in [3.63, 3.8) is 0 Å². The Balaban J connectivity index is 1.09. The molecule has 0 spiro atoms. The average molecular weight is 1080 g/mol. The van der Waals surface area contributed by atoms with Crippen LogP contribution in [0.25, 0.3) is 122 Å². The lowest BCUT2D eigenvalue weighted by Gasteiger charge is -2.20. The second kappa shape index (κ2) is 20.4. The molecule has 0 fully saturated rings. The molecule has 0 saturated carbocycles. The van der Waals surface area contributed by atoms with Gasteiger partial charge in [-0.3, -0.25) is 0 Å². The van der Waals surface area contributed by atoms with E-state index in [9.17, 15) is 31.6 Å². The molecule has 2 heterocycles. The Hall–Kier alpha value is -12.3. The smallest absolute Gasteiger partial charge is 0.309 e. The minimum Gasteiger partial charge on any atom is -0.309 e. The SMILES string of the molecule is N#Cc1cccc(-c2ccc3c(c2)c2cc(-c4cccc(C#N)c4)ccc2n3-c2ccc(C#N)c(-c3cc(-c4ccc(C#N)cc4C(F)(F)F)ccc3-n3c4ccc(-c5cccc(C#N)c5)cc4c4cc(-c5cccc(C#N)c5)ccc43)c2)c1. The molecule has 0 N–H and O–H groups in total. The zero-order valence-electron chi connectivity index (χ0n) is 44.1. The highest BCUT2D eigenvalue weighted by Crippen LogP contribution is 2.46. The van der Waals surface area contributed by atoms with E-state index in [2.05, 4.69) is 63.7 Å². The maximum atomic E-state index is 15.2. The summed E-state index contributed by atoms with van der Waals surface area (Å²) in [6.07, 6.45) is -4.84. The molecule has 0 aliphatic rings. The Morgan fingerprint density at radius 3 is 1.06 bits per heavy atom. The van der Waals surface area contributed by atoms with Gasteiger partial charge < -0.3 is 9.13 Å². The Kier molecular flexibility index (Phi) is 12.5. The van der Waals surface area contributed by atoms with Crippen LogP contribution >= 0.6 is 0 Å². The first-order chi connectivity index (χ1) is 40.9. The lowest BCUT2D eigenvalue weighted by Crippen LogP contribution is -2.08. The lowest BCUT2D eigenvalue weighted by molar-refractivity contribution is -0.137. The van der Waals surface area contributed by atoms with E-state index < -0.39 is 11.7 Å². The summed E-state index contributed by atoms with van der Waals surface area (Å²) in [4.78, 5) is 0. The van der Waals surface area contributed by atoms with Gasteiger partial charge in [-0.1, -0.05) is 84.9 Å². The highest BCUT2D eigenvalue weighted by atomic mass is 19.4. The largest absolute Gasteiger partial charge is 0.417 e. The Labute approximate surface area is 479 Å². The second-order valence-corrected chi connectivity index (χ2v) is 20.3. The molecule has 2 aromatic heterocycles. The van der Waals surface area contributed by atoms with Crippen molar-refractivity contribution in [2.75, 3.05) is 0 Å². The number of fused-ring (bicyclic) bond motifs is 6. The van der Waals surface area contributed by atoms with Crippen LogP contribution in [0.5, 0.6) is 0 Å². The first kappa shape index (κ1) is 51.2. The number of nitrogens with zero attached hydrogens (tertiary/aromatic N) is 8. The number of hydrogen-bond acceptors (Lipinski definition) is 6. The molecule has 0 radical (unpaired) electrons. The summed E-state index contributed by atoms with van der Waals surface area (Å²) in [5.41, 5.74) is 13.0. The van der Waals surface area contributed by atoms with Gasteiger partial charge in [-0.25, -0.2) is 0 Å². The Morgan fingerprint density at radius 2 is 0.667 bits per heavy atom. The number of aromatic nitrogens is 2. The van der Waals surface area contributed by atoms with Crippen LogP contribution < -0.4 is 0 Å². The molecule has 390 valence electrons. The summed E-state index contributed by atoms with van der Waals surface area (Å²) in [5, 5.41) is 63.8. The van der Waals surface area contributed by atoms with Crippen LogP contribution in [0.3, 0.4) is 0 Å². The number of benzene rings is 11. The van der Waals surface area contributed by atoms with Crippen molar-refractivity contribution in [2.45, 2.75) is 6.18 Å². The molecule has 8 nitrogen and oxygen atoms in total. The predicted octanol–water partition coefficient (Wildman–Crippen LogP) is 18.1. The lowest BCUT2D eigenvalue weighted by atomic mass is 9.91. The number of halogens is 3. The van der Waals surface area contributed by atoms with Crippen LogP contribution in [-0.4, -0.2) is 9.13 Å². The fourth-order valence-electron chi connectivity index (χ4n) is 11.6. The quantitative estimate of drug-likeness (QED) is 0.148. The van der Waals surface area contributed by atoms with E-state index in [1.807, 2.05) is 140 Å². The molecule has 13 aromatic rings. The molecule has 11 heteroatoms. The topological polar surface area (TPSA) is 153 Å². The molecule has 0 bridgehead atoms. The van der Waals surface area contributed by atoms with Crippen molar-refractivity contribution >= 4 is 43.6 Å². The molecule has 0 saturated heterocycles. The van der Waals surface area contributed by atoms with Gasteiger partial charge in [0.1, 0.15) is 0 Å². The molecule has 0 unspecified atom stereocenters. The molecule has 0 aliphatic heterocycles. The maximum Gasteiger partial charge on any atom is 0.417 e. The zero-order chi connectivity index (χ0) is 57.8. The van der Waals surface area contributed by atoms with Gasteiger partial charge in [-0.15, -0.1) is 0 Å². The summed E-state index contributed by atoms with van der Waals surface area (Å²) < 4.78 is 49.7. The van der Waals surface area contributed by atoms with Gasteiger partial charge in [-0.2, -0.15) is 44.7 Å². The van der Waals surface area contributed by atoms with Gasteiger partial charge >= 0.3 is 6.18 Å². The maximum absolute atomic E-state index is 15.2.